The highest BCUT2D eigenvalue weighted by Crippen LogP contribution is 2.27. The highest BCUT2D eigenvalue weighted by Gasteiger charge is 2.25. The van der Waals surface area contributed by atoms with Crippen molar-refractivity contribution in [3.05, 3.63) is 35.9 Å². The van der Waals surface area contributed by atoms with E-state index in [0.717, 1.165) is 10.9 Å². The lowest BCUT2D eigenvalue weighted by molar-refractivity contribution is 0.235. The second-order valence-electron chi connectivity index (χ2n) is 6.26. The predicted molar refractivity (Wildman–Crippen MR) is 85.0 cm³/mol. The molecule has 4 heteroatoms. The molecule has 0 amide bonds. The molecule has 0 fully saturated rings. The summed E-state index contributed by atoms with van der Waals surface area (Å²) < 4.78 is 0. The van der Waals surface area contributed by atoms with Gasteiger partial charge in [0.2, 0.25) is 0 Å². The molecule has 0 saturated heterocycles. The second kappa shape index (κ2) is 6.11. The molecule has 2 aromatic rings. The van der Waals surface area contributed by atoms with Crippen LogP contribution >= 0.6 is 0 Å². The van der Waals surface area contributed by atoms with Crippen LogP contribution < -0.4 is 5.32 Å². The molecule has 110 valence electrons. The van der Waals surface area contributed by atoms with Gasteiger partial charge in [0, 0.05) is 18.0 Å². The van der Waals surface area contributed by atoms with Crippen molar-refractivity contribution < 1.29 is 5.11 Å². The topological polar surface area (TPSA) is 68.9 Å². The Morgan fingerprint density at radius 1 is 1.33 bits per heavy atom. The van der Waals surface area contributed by atoms with E-state index in [1.54, 1.807) is 0 Å². The second-order valence-corrected chi connectivity index (χ2v) is 6.26. The van der Waals surface area contributed by atoms with Crippen molar-refractivity contribution in [3.63, 3.8) is 0 Å². The summed E-state index contributed by atoms with van der Waals surface area (Å²) in [6, 6.07) is 11.8. The van der Waals surface area contributed by atoms with Gasteiger partial charge in [-0.05, 0) is 24.0 Å². The zero-order valence-electron chi connectivity index (χ0n) is 12.7. The van der Waals surface area contributed by atoms with Crippen LogP contribution in [0.15, 0.2) is 30.3 Å². The van der Waals surface area contributed by atoms with Crippen LogP contribution in [-0.2, 0) is 0 Å². The van der Waals surface area contributed by atoms with Crippen LogP contribution in [0, 0.1) is 16.7 Å². The molecule has 0 radical (unpaired) electrons. The molecule has 2 N–H and O–H groups in total. The number of para-hydroxylation sites is 1. The number of pyridine rings is 1. The number of benzene rings is 1. The van der Waals surface area contributed by atoms with Crippen molar-refractivity contribution in [1.29, 1.82) is 5.26 Å². The highest BCUT2D eigenvalue weighted by molar-refractivity contribution is 5.82. The van der Waals surface area contributed by atoms with Crippen molar-refractivity contribution >= 4 is 16.7 Å². The van der Waals surface area contributed by atoms with E-state index in [-0.39, 0.29) is 18.1 Å². The first-order valence-corrected chi connectivity index (χ1v) is 7.13. The largest absolute Gasteiger partial charge is 0.396 e. The van der Waals surface area contributed by atoms with Crippen molar-refractivity contribution in [2.75, 3.05) is 11.9 Å². The number of nitrogens with one attached hydrogen (secondary N) is 1. The summed E-state index contributed by atoms with van der Waals surface area (Å²) in [6.07, 6.45) is 0.614. The SMILES string of the molecule is CC(C)(C)C(CCO)Nc1nc2ccccc2cc1C#N. The fourth-order valence-corrected chi connectivity index (χ4v) is 2.33. The summed E-state index contributed by atoms with van der Waals surface area (Å²) in [5, 5.41) is 22.9. The lowest BCUT2D eigenvalue weighted by Gasteiger charge is -2.31. The molecule has 0 spiro atoms. The van der Waals surface area contributed by atoms with Crippen LogP contribution in [0.1, 0.15) is 32.8 Å². The Labute approximate surface area is 125 Å². The van der Waals surface area contributed by atoms with E-state index in [9.17, 15) is 10.4 Å². The molecule has 4 nitrogen and oxygen atoms in total. The highest BCUT2D eigenvalue weighted by atomic mass is 16.3. The van der Waals surface area contributed by atoms with Crippen molar-refractivity contribution in [2.24, 2.45) is 5.41 Å². The molecule has 0 aliphatic carbocycles. The van der Waals surface area contributed by atoms with Crippen LogP contribution in [0.2, 0.25) is 0 Å². The number of fused-ring (bicyclic) bond motifs is 1. The Morgan fingerprint density at radius 3 is 2.67 bits per heavy atom. The van der Waals surface area contributed by atoms with E-state index in [1.165, 1.54) is 0 Å². The molecule has 1 heterocycles. The first kappa shape index (κ1) is 15.3. The van der Waals surface area contributed by atoms with E-state index in [0.29, 0.717) is 17.8 Å². The van der Waals surface area contributed by atoms with E-state index in [1.807, 2.05) is 30.3 Å². The molecule has 1 atom stereocenters. The minimum absolute atomic E-state index is 0.0389. The van der Waals surface area contributed by atoms with Gasteiger partial charge in [0.25, 0.3) is 0 Å². The first-order valence-electron chi connectivity index (χ1n) is 7.13. The molecule has 0 aliphatic rings. The number of aromatic nitrogens is 1. The average molecular weight is 283 g/mol. The van der Waals surface area contributed by atoms with Crippen molar-refractivity contribution in [3.8, 4) is 6.07 Å². The molecule has 0 bridgehead atoms. The number of aliphatic hydroxyl groups excluding tert-OH is 1. The zero-order valence-corrected chi connectivity index (χ0v) is 12.7. The minimum atomic E-state index is -0.0389. The van der Waals surface area contributed by atoms with Crippen molar-refractivity contribution in [1.82, 2.24) is 4.98 Å². The number of rotatable bonds is 4. The molecule has 1 aromatic heterocycles. The van der Waals surface area contributed by atoms with Crippen LogP contribution in [0.5, 0.6) is 0 Å². The maximum absolute atomic E-state index is 9.34. The third-order valence-corrected chi connectivity index (χ3v) is 3.62. The number of nitriles is 1. The maximum Gasteiger partial charge on any atom is 0.144 e. The lowest BCUT2D eigenvalue weighted by Crippen LogP contribution is -2.35. The molecule has 1 aromatic carbocycles. The van der Waals surface area contributed by atoms with Crippen LogP contribution in [0.4, 0.5) is 5.82 Å². The smallest absolute Gasteiger partial charge is 0.144 e. The molecule has 1 unspecified atom stereocenters. The lowest BCUT2D eigenvalue weighted by atomic mass is 9.85. The summed E-state index contributed by atoms with van der Waals surface area (Å²) in [7, 11) is 0. The molecule has 2 rings (SSSR count). The number of aliphatic hydroxyl groups is 1. The summed E-state index contributed by atoms with van der Waals surface area (Å²) >= 11 is 0. The number of hydrogen-bond donors (Lipinski definition) is 2. The predicted octanol–water partition coefficient (Wildman–Crippen LogP) is 3.32. The summed E-state index contributed by atoms with van der Waals surface area (Å²) in [4.78, 5) is 4.57. The van der Waals surface area contributed by atoms with Gasteiger partial charge in [-0.25, -0.2) is 4.98 Å². The van der Waals surface area contributed by atoms with Gasteiger partial charge in [0.05, 0.1) is 11.1 Å². The van der Waals surface area contributed by atoms with Gasteiger partial charge >= 0.3 is 0 Å². The Bertz CT molecular complexity index is 668. The minimum Gasteiger partial charge on any atom is -0.396 e. The number of nitrogens with zero attached hydrogens (tertiary/aromatic N) is 2. The Balaban J connectivity index is 2.42. The Kier molecular flexibility index (Phi) is 4.44. The fourth-order valence-electron chi connectivity index (χ4n) is 2.33. The van der Waals surface area contributed by atoms with Gasteiger partial charge in [-0.2, -0.15) is 5.26 Å². The standard InChI is InChI=1S/C17H21N3O/c1-17(2,3)15(8-9-21)20-16-13(11-18)10-12-6-4-5-7-14(12)19-16/h4-7,10,15,21H,8-9H2,1-3H3,(H,19,20). The molecule has 0 saturated carbocycles. The third-order valence-electron chi connectivity index (χ3n) is 3.62. The Morgan fingerprint density at radius 2 is 2.05 bits per heavy atom. The van der Waals surface area contributed by atoms with E-state index in [4.69, 9.17) is 0 Å². The monoisotopic (exact) mass is 283 g/mol. The summed E-state index contributed by atoms with van der Waals surface area (Å²) in [5.74, 6) is 0.588. The molecular formula is C17H21N3O. The van der Waals surface area contributed by atoms with Crippen molar-refractivity contribution in [2.45, 2.75) is 33.2 Å². The van der Waals surface area contributed by atoms with E-state index >= 15 is 0 Å². The quantitative estimate of drug-likeness (QED) is 0.903. The van der Waals surface area contributed by atoms with E-state index in [2.05, 4.69) is 37.1 Å². The zero-order chi connectivity index (χ0) is 15.5. The van der Waals surface area contributed by atoms with Crippen LogP contribution in [-0.4, -0.2) is 22.7 Å². The molecular weight excluding hydrogens is 262 g/mol. The molecule has 0 aliphatic heterocycles. The average Bonchev–Trinajstić information content (AvgIpc) is 2.45. The van der Waals surface area contributed by atoms with E-state index < -0.39 is 0 Å². The summed E-state index contributed by atoms with van der Waals surface area (Å²) in [5.41, 5.74) is 1.35. The first-order chi connectivity index (χ1) is 9.95. The van der Waals surface area contributed by atoms with Gasteiger partial charge in [-0.3, -0.25) is 0 Å². The van der Waals surface area contributed by atoms with Gasteiger partial charge in [-0.15, -0.1) is 0 Å². The van der Waals surface area contributed by atoms with Gasteiger partial charge in [0.15, 0.2) is 0 Å². The normalized spacial score (nSPS) is 12.9. The summed E-state index contributed by atoms with van der Waals surface area (Å²) in [6.45, 7) is 6.42. The third kappa shape index (κ3) is 3.50. The van der Waals surface area contributed by atoms with Gasteiger partial charge in [0.1, 0.15) is 11.9 Å². The fraction of sp³-hybridized carbons (Fsp3) is 0.412. The molecule has 21 heavy (non-hydrogen) atoms. The van der Waals surface area contributed by atoms with Gasteiger partial charge in [-0.1, -0.05) is 39.0 Å². The maximum atomic E-state index is 9.34. The van der Waals surface area contributed by atoms with Crippen LogP contribution in [0.25, 0.3) is 10.9 Å². The number of anilines is 1. The van der Waals surface area contributed by atoms with Crippen LogP contribution in [0.3, 0.4) is 0 Å². The van der Waals surface area contributed by atoms with Gasteiger partial charge < -0.3 is 10.4 Å². The number of hydrogen-bond acceptors (Lipinski definition) is 4. The Hall–Kier alpha value is -2.12.